The van der Waals surface area contributed by atoms with Gasteiger partial charge in [-0.1, -0.05) is 60.7 Å². The zero-order chi connectivity index (χ0) is 18.2. The summed E-state index contributed by atoms with van der Waals surface area (Å²) >= 11 is 0. The molecule has 1 saturated heterocycles. The van der Waals surface area contributed by atoms with Gasteiger partial charge in [0.2, 0.25) is 0 Å². The van der Waals surface area contributed by atoms with Gasteiger partial charge in [0, 0.05) is 39.3 Å². The van der Waals surface area contributed by atoms with Gasteiger partial charge in [0.05, 0.1) is 18.8 Å². The number of aliphatic hydroxyl groups excluding tert-OH is 1. The predicted molar refractivity (Wildman–Crippen MR) is 105 cm³/mol. The molecule has 1 atom stereocenters. The fourth-order valence-corrected chi connectivity index (χ4v) is 3.69. The van der Waals surface area contributed by atoms with Crippen LogP contribution in [0.2, 0.25) is 0 Å². The minimum atomic E-state index is -0.402. The van der Waals surface area contributed by atoms with Gasteiger partial charge in [-0.25, -0.2) is 0 Å². The van der Waals surface area contributed by atoms with Crippen LogP contribution < -0.4 is 0 Å². The molecule has 1 unspecified atom stereocenters. The molecule has 1 aliphatic rings. The molecule has 0 aromatic heterocycles. The van der Waals surface area contributed by atoms with E-state index in [4.69, 9.17) is 4.74 Å². The maximum Gasteiger partial charge on any atom is 0.0900 e. The highest BCUT2D eigenvalue weighted by atomic mass is 16.5. The number of hydrogen-bond acceptors (Lipinski definition) is 4. The van der Waals surface area contributed by atoms with Crippen LogP contribution in [-0.2, 0) is 4.74 Å². The Balaban J connectivity index is 1.65. The Labute approximate surface area is 157 Å². The number of benzene rings is 2. The first-order chi connectivity index (χ1) is 12.8. The molecule has 26 heavy (non-hydrogen) atoms. The third-order valence-electron chi connectivity index (χ3n) is 4.99. The Morgan fingerprint density at radius 3 is 1.92 bits per heavy atom. The van der Waals surface area contributed by atoms with Crippen LogP contribution in [0.25, 0.3) is 0 Å². The molecule has 0 saturated carbocycles. The number of piperazine rings is 1. The highest BCUT2D eigenvalue weighted by Gasteiger charge is 2.26. The van der Waals surface area contributed by atoms with Crippen LogP contribution in [0.15, 0.2) is 60.7 Å². The van der Waals surface area contributed by atoms with E-state index in [0.717, 1.165) is 26.2 Å². The topological polar surface area (TPSA) is 35.9 Å². The summed E-state index contributed by atoms with van der Waals surface area (Å²) < 4.78 is 5.32. The third-order valence-corrected chi connectivity index (χ3v) is 4.99. The first-order valence-electron chi connectivity index (χ1n) is 9.60. The van der Waals surface area contributed by atoms with E-state index in [1.54, 1.807) is 0 Å². The maximum atomic E-state index is 10.1. The van der Waals surface area contributed by atoms with Gasteiger partial charge < -0.3 is 9.84 Å². The average Bonchev–Trinajstić information content (AvgIpc) is 2.70. The summed E-state index contributed by atoms with van der Waals surface area (Å²) in [5.41, 5.74) is 2.67. The van der Waals surface area contributed by atoms with Crippen LogP contribution in [0.1, 0.15) is 24.1 Å². The van der Waals surface area contributed by atoms with Gasteiger partial charge in [0.25, 0.3) is 0 Å². The Morgan fingerprint density at radius 1 is 0.885 bits per heavy atom. The van der Waals surface area contributed by atoms with Crippen molar-refractivity contribution < 1.29 is 9.84 Å². The summed E-state index contributed by atoms with van der Waals surface area (Å²) in [7, 11) is 0. The zero-order valence-corrected chi connectivity index (χ0v) is 15.6. The zero-order valence-electron chi connectivity index (χ0n) is 15.6. The molecule has 3 rings (SSSR count). The number of β-amino-alcohol motifs (C(OH)–C–C–N with tert-alkyl or cyclic N) is 1. The van der Waals surface area contributed by atoms with Crippen molar-refractivity contribution in [3.05, 3.63) is 71.8 Å². The molecule has 4 nitrogen and oxygen atoms in total. The van der Waals surface area contributed by atoms with Gasteiger partial charge in [-0.15, -0.1) is 0 Å². The quantitative estimate of drug-likeness (QED) is 0.791. The smallest absolute Gasteiger partial charge is 0.0900 e. The number of ether oxygens (including phenoxy) is 1. The van der Waals surface area contributed by atoms with E-state index in [0.29, 0.717) is 19.8 Å². The molecule has 4 heteroatoms. The largest absolute Gasteiger partial charge is 0.389 e. The van der Waals surface area contributed by atoms with Crippen molar-refractivity contribution in [2.45, 2.75) is 19.1 Å². The molecule has 1 aliphatic heterocycles. The lowest BCUT2D eigenvalue weighted by Gasteiger charge is -2.40. The minimum absolute atomic E-state index is 0.285. The van der Waals surface area contributed by atoms with Crippen LogP contribution in [-0.4, -0.2) is 66.9 Å². The standard InChI is InChI=1S/C22H30N2O2/c1-2-26-18-21(25)17-23-13-15-24(16-14-23)22(19-9-5-3-6-10-19)20-11-7-4-8-12-20/h3-12,21-22,25H,2,13-18H2,1H3. The second kappa shape index (κ2) is 9.83. The molecule has 2 aromatic carbocycles. The summed E-state index contributed by atoms with van der Waals surface area (Å²) in [6, 6.07) is 21.8. The summed E-state index contributed by atoms with van der Waals surface area (Å²) in [6.45, 7) is 7.66. The lowest BCUT2D eigenvalue weighted by atomic mass is 9.96. The molecule has 0 amide bonds. The van der Waals surface area contributed by atoms with Crippen LogP contribution in [0.3, 0.4) is 0 Å². The van der Waals surface area contributed by atoms with E-state index in [1.807, 2.05) is 6.92 Å². The maximum absolute atomic E-state index is 10.1. The van der Waals surface area contributed by atoms with E-state index < -0.39 is 6.10 Å². The van der Waals surface area contributed by atoms with E-state index in [-0.39, 0.29) is 6.04 Å². The second-order valence-corrected chi connectivity index (χ2v) is 6.87. The predicted octanol–water partition coefficient (Wildman–Crippen LogP) is 2.79. The van der Waals surface area contributed by atoms with Crippen LogP contribution in [0.5, 0.6) is 0 Å². The fourth-order valence-electron chi connectivity index (χ4n) is 3.69. The Bertz CT molecular complexity index is 588. The second-order valence-electron chi connectivity index (χ2n) is 6.87. The van der Waals surface area contributed by atoms with Crippen molar-refractivity contribution in [2.75, 3.05) is 45.9 Å². The van der Waals surface area contributed by atoms with Crippen molar-refractivity contribution in [3.8, 4) is 0 Å². The van der Waals surface area contributed by atoms with Gasteiger partial charge >= 0.3 is 0 Å². The minimum Gasteiger partial charge on any atom is -0.389 e. The van der Waals surface area contributed by atoms with Crippen molar-refractivity contribution >= 4 is 0 Å². The highest BCUT2D eigenvalue weighted by molar-refractivity contribution is 5.31. The van der Waals surface area contributed by atoms with E-state index in [2.05, 4.69) is 70.5 Å². The summed E-state index contributed by atoms with van der Waals surface area (Å²) in [4.78, 5) is 4.89. The normalized spacial score (nSPS) is 17.5. The average molecular weight is 354 g/mol. The number of rotatable bonds is 8. The summed E-state index contributed by atoms with van der Waals surface area (Å²) in [5, 5.41) is 10.1. The molecular weight excluding hydrogens is 324 g/mol. The van der Waals surface area contributed by atoms with Gasteiger partial charge in [0.15, 0.2) is 0 Å². The van der Waals surface area contributed by atoms with Crippen molar-refractivity contribution in [1.29, 1.82) is 0 Å². The molecule has 1 fully saturated rings. The van der Waals surface area contributed by atoms with Crippen molar-refractivity contribution in [2.24, 2.45) is 0 Å². The van der Waals surface area contributed by atoms with Crippen LogP contribution in [0.4, 0.5) is 0 Å². The molecular formula is C22H30N2O2. The Kier molecular flexibility index (Phi) is 7.21. The van der Waals surface area contributed by atoms with Gasteiger partial charge in [0.1, 0.15) is 0 Å². The first-order valence-corrected chi connectivity index (χ1v) is 9.60. The molecule has 140 valence electrons. The van der Waals surface area contributed by atoms with E-state index in [1.165, 1.54) is 11.1 Å². The summed E-state index contributed by atoms with van der Waals surface area (Å²) in [6.07, 6.45) is -0.402. The number of nitrogens with zero attached hydrogens (tertiary/aromatic N) is 2. The van der Waals surface area contributed by atoms with Gasteiger partial charge in [-0.05, 0) is 18.1 Å². The van der Waals surface area contributed by atoms with Crippen LogP contribution >= 0.6 is 0 Å². The summed E-state index contributed by atoms with van der Waals surface area (Å²) in [5.74, 6) is 0. The first kappa shape index (κ1) is 19.1. The molecule has 0 bridgehead atoms. The monoisotopic (exact) mass is 354 g/mol. The lowest BCUT2D eigenvalue weighted by Crippen LogP contribution is -2.50. The van der Waals surface area contributed by atoms with Crippen molar-refractivity contribution in [3.63, 3.8) is 0 Å². The molecule has 1 heterocycles. The van der Waals surface area contributed by atoms with Gasteiger partial charge in [-0.2, -0.15) is 0 Å². The molecule has 0 radical (unpaired) electrons. The van der Waals surface area contributed by atoms with Crippen LogP contribution in [0, 0.1) is 0 Å². The lowest BCUT2D eigenvalue weighted by molar-refractivity contribution is 0.00814. The van der Waals surface area contributed by atoms with E-state index in [9.17, 15) is 5.11 Å². The Hall–Kier alpha value is -1.72. The third kappa shape index (κ3) is 5.15. The molecule has 0 aliphatic carbocycles. The molecule has 1 N–H and O–H groups in total. The molecule has 2 aromatic rings. The number of hydrogen-bond donors (Lipinski definition) is 1. The fraction of sp³-hybridized carbons (Fsp3) is 0.455. The van der Waals surface area contributed by atoms with E-state index >= 15 is 0 Å². The SMILES string of the molecule is CCOCC(O)CN1CCN(C(c2ccccc2)c2ccccc2)CC1. The molecule has 0 spiro atoms. The van der Waals surface area contributed by atoms with Gasteiger partial charge in [-0.3, -0.25) is 9.80 Å². The Morgan fingerprint density at radius 2 is 1.42 bits per heavy atom. The highest BCUT2D eigenvalue weighted by Crippen LogP contribution is 2.29. The number of aliphatic hydroxyl groups is 1. The van der Waals surface area contributed by atoms with Crippen molar-refractivity contribution in [1.82, 2.24) is 9.80 Å².